The van der Waals surface area contributed by atoms with Gasteiger partial charge in [-0.25, -0.2) is 0 Å². The first-order chi connectivity index (χ1) is 8.16. The van der Waals surface area contributed by atoms with Crippen molar-refractivity contribution in [2.75, 3.05) is 0 Å². The predicted molar refractivity (Wildman–Crippen MR) is 71.6 cm³/mol. The molecule has 0 amide bonds. The summed E-state index contributed by atoms with van der Waals surface area (Å²) in [6, 6.07) is 5.83. The second-order valence-corrected chi connectivity index (χ2v) is 5.40. The Morgan fingerprint density at radius 2 is 1.94 bits per heavy atom. The third-order valence-corrected chi connectivity index (χ3v) is 4.02. The summed E-state index contributed by atoms with van der Waals surface area (Å²) in [6.07, 6.45) is 4.05. The first-order valence-electron chi connectivity index (χ1n) is 6.02. The molecule has 1 aromatic carbocycles. The summed E-state index contributed by atoms with van der Waals surface area (Å²) in [5.74, 6) is 0. The van der Waals surface area contributed by atoms with Crippen molar-refractivity contribution in [3.05, 3.63) is 33.8 Å². The average molecular weight is 274 g/mol. The molecule has 2 N–H and O–H groups in total. The van der Waals surface area contributed by atoms with Gasteiger partial charge < -0.3 is 10.4 Å². The van der Waals surface area contributed by atoms with Crippen molar-refractivity contribution in [1.82, 2.24) is 5.32 Å². The van der Waals surface area contributed by atoms with Crippen LogP contribution in [-0.4, -0.2) is 17.3 Å². The van der Waals surface area contributed by atoms with Crippen molar-refractivity contribution in [2.24, 2.45) is 0 Å². The molecule has 0 saturated heterocycles. The van der Waals surface area contributed by atoms with Crippen LogP contribution >= 0.6 is 23.2 Å². The first-order valence-corrected chi connectivity index (χ1v) is 6.78. The summed E-state index contributed by atoms with van der Waals surface area (Å²) in [5.41, 5.74) is 1.09. The van der Waals surface area contributed by atoms with E-state index < -0.39 is 0 Å². The molecule has 94 valence electrons. The maximum absolute atomic E-state index is 9.84. The van der Waals surface area contributed by atoms with Gasteiger partial charge in [-0.05, 0) is 30.5 Å². The third-order valence-electron chi connectivity index (χ3n) is 3.28. The van der Waals surface area contributed by atoms with Gasteiger partial charge in [0.2, 0.25) is 0 Å². The van der Waals surface area contributed by atoms with Crippen molar-refractivity contribution in [3.63, 3.8) is 0 Å². The molecule has 1 aliphatic carbocycles. The Labute approximate surface area is 112 Å². The van der Waals surface area contributed by atoms with E-state index >= 15 is 0 Å². The van der Waals surface area contributed by atoms with Crippen LogP contribution in [0.15, 0.2) is 18.2 Å². The zero-order valence-corrected chi connectivity index (χ0v) is 11.1. The minimum absolute atomic E-state index is 0.207. The van der Waals surface area contributed by atoms with Gasteiger partial charge in [0.25, 0.3) is 0 Å². The minimum atomic E-state index is -0.216. The molecule has 0 aromatic heterocycles. The minimum Gasteiger partial charge on any atom is -0.392 e. The smallest absolute Gasteiger partial charge is 0.0693 e. The second-order valence-electron chi connectivity index (χ2n) is 4.59. The monoisotopic (exact) mass is 273 g/mol. The molecule has 2 nitrogen and oxygen atoms in total. The molecule has 4 heteroatoms. The Hall–Kier alpha value is -0.280. The Balaban J connectivity index is 1.90. The zero-order chi connectivity index (χ0) is 12.3. The Morgan fingerprint density at radius 1 is 1.18 bits per heavy atom. The predicted octanol–water partition coefficient (Wildman–Crippen LogP) is 3.39. The number of nitrogens with one attached hydrogen (secondary N) is 1. The van der Waals surface area contributed by atoms with Gasteiger partial charge in [0.05, 0.1) is 16.1 Å². The fourth-order valence-corrected chi connectivity index (χ4v) is 2.57. The van der Waals surface area contributed by atoms with E-state index in [0.29, 0.717) is 10.0 Å². The molecule has 17 heavy (non-hydrogen) atoms. The first kappa shape index (κ1) is 13.2. The number of aliphatic hydroxyl groups is 1. The second kappa shape index (κ2) is 6.05. The quantitative estimate of drug-likeness (QED) is 0.885. The fraction of sp³-hybridized carbons (Fsp3) is 0.538. The van der Waals surface area contributed by atoms with Gasteiger partial charge in [0.1, 0.15) is 0 Å². The van der Waals surface area contributed by atoms with Gasteiger partial charge in [0, 0.05) is 12.6 Å². The normalized spacial score (nSPS) is 24.9. The zero-order valence-electron chi connectivity index (χ0n) is 9.63. The van der Waals surface area contributed by atoms with Crippen LogP contribution in [0.5, 0.6) is 0 Å². The van der Waals surface area contributed by atoms with Crippen molar-refractivity contribution >= 4 is 23.2 Å². The van der Waals surface area contributed by atoms with Gasteiger partial charge in [0.15, 0.2) is 0 Å². The maximum Gasteiger partial charge on any atom is 0.0693 e. The van der Waals surface area contributed by atoms with Crippen LogP contribution in [0.4, 0.5) is 0 Å². The highest BCUT2D eigenvalue weighted by molar-refractivity contribution is 6.42. The summed E-state index contributed by atoms with van der Waals surface area (Å²) in [5, 5.41) is 14.4. The fourth-order valence-electron chi connectivity index (χ4n) is 2.25. The van der Waals surface area contributed by atoms with Crippen LogP contribution < -0.4 is 5.32 Å². The summed E-state index contributed by atoms with van der Waals surface area (Å²) in [7, 11) is 0. The van der Waals surface area contributed by atoms with Crippen molar-refractivity contribution in [2.45, 2.75) is 44.4 Å². The van der Waals surface area contributed by atoms with Crippen LogP contribution in [0.2, 0.25) is 10.0 Å². The molecular formula is C13H17Cl2NO. The molecule has 1 fully saturated rings. The van der Waals surface area contributed by atoms with E-state index in [9.17, 15) is 5.11 Å². The van der Waals surface area contributed by atoms with E-state index in [2.05, 4.69) is 5.32 Å². The summed E-state index contributed by atoms with van der Waals surface area (Å²) in [4.78, 5) is 0. The number of aliphatic hydroxyl groups excluding tert-OH is 1. The Morgan fingerprint density at radius 3 is 2.65 bits per heavy atom. The van der Waals surface area contributed by atoms with Crippen LogP contribution in [0, 0.1) is 0 Å². The molecule has 2 unspecified atom stereocenters. The van der Waals surface area contributed by atoms with Crippen molar-refractivity contribution < 1.29 is 5.11 Å². The standard InChI is InChI=1S/C13H17Cl2NO/c14-10-6-5-9(7-11(10)15)8-16-12-3-1-2-4-13(12)17/h5-7,12-13,16-17H,1-4,8H2. The van der Waals surface area contributed by atoms with Crippen molar-refractivity contribution in [1.29, 1.82) is 0 Å². The lowest BCUT2D eigenvalue weighted by Gasteiger charge is -2.28. The van der Waals surface area contributed by atoms with E-state index in [-0.39, 0.29) is 12.1 Å². The maximum atomic E-state index is 9.84. The molecule has 0 aliphatic heterocycles. The molecule has 2 atom stereocenters. The SMILES string of the molecule is OC1CCCCC1NCc1ccc(Cl)c(Cl)c1. The van der Waals surface area contributed by atoms with E-state index in [1.54, 1.807) is 6.07 Å². The number of benzene rings is 1. The number of hydrogen-bond acceptors (Lipinski definition) is 2. The molecule has 0 heterocycles. The number of hydrogen-bond donors (Lipinski definition) is 2. The Bertz CT molecular complexity index is 384. The number of halogens is 2. The summed E-state index contributed by atoms with van der Waals surface area (Å²) < 4.78 is 0. The molecule has 1 aliphatic rings. The van der Waals surface area contributed by atoms with E-state index in [4.69, 9.17) is 23.2 Å². The molecule has 0 spiro atoms. The third kappa shape index (κ3) is 3.59. The van der Waals surface area contributed by atoms with Crippen LogP contribution in [0.3, 0.4) is 0 Å². The van der Waals surface area contributed by atoms with Crippen molar-refractivity contribution in [3.8, 4) is 0 Å². The lowest BCUT2D eigenvalue weighted by atomic mass is 9.92. The van der Waals surface area contributed by atoms with E-state index in [1.165, 1.54) is 6.42 Å². The topological polar surface area (TPSA) is 32.3 Å². The molecular weight excluding hydrogens is 257 g/mol. The summed E-state index contributed by atoms with van der Waals surface area (Å²) >= 11 is 11.8. The van der Waals surface area contributed by atoms with Gasteiger partial charge in [-0.15, -0.1) is 0 Å². The molecule has 0 bridgehead atoms. The van der Waals surface area contributed by atoms with Gasteiger partial charge in [-0.3, -0.25) is 0 Å². The van der Waals surface area contributed by atoms with Crippen LogP contribution in [-0.2, 0) is 6.54 Å². The highest BCUT2D eigenvalue weighted by Gasteiger charge is 2.22. The molecule has 1 aromatic rings. The van der Waals surface area contributed by atoms with Crippen LogP contribution in [0.25, 0.3) is 0 Å². The molecule has 0 radical (unpaired) electrons. The van der Waals surface area contributed by atoms with E-state index in [0.717, 1.165) is 31.4 Å². The average Bonchev–Trinajstić information content (AvgIpc) is 2.32. The summed E-state index contributed by atoms with van der Waals surface area (Å²) in [6.45, 7) is 0.721. The molecule has 1 saturated carbocycles. The Kier molecular flexibility index (Phi) is 4.69. The van der Waals surface area contributed by atoms with E-state index in [1.807, 2.05) is 12.1 Å². The number of rotatable bonds is 3. The van der Waals surface area contributed by atoms with Gasteiger partial charge >= 0.3 is 0 Å². The molecule has 2 rings (SSSR count). The largest absolute Gasteiger partial charge is 0.392 e. The van der Waals surface area contributed by atoms with Gasteiger partial charge in [-0.2, -0.15) is 0 Å². The van der Waals surface area contributed by atoms with Gasteiger partial charge in [-0.1, -0.05) is 42.1 Å². The van der Waals surface area contributed by atoms with Crippen LogP contribution in [0.1, 0.15) is 31.2 Å². The lowest BCUT2D eigenvalue weighted by molar-refractivity contribution is 0.0902. The highest BCUT2D eigenvalue weighted by atomic mass is 35.5. The highest BCUT2D eigenvalue weighted by Crippen LogP contribution is 2.23. The lowest BCUT2D eigenvalue weighted by Crippen LogP contribution is -2.41.